The van der Waals surface area contributed by atoms with Gasteiger partial charge in [-0.15, -0.1) is 0 Å². The molecule has 1 amide bonds. The summed E-state index contributed by atoms with van der Waals surface area (Å²) in [7, 11) is 0. The Morgan fingerprint density at radius 3 is 2.50 bits per heavy atom. The van der Waals surface area contributed by atoms with Gasteiger partial charge in [-0.3, -0.25) is 4.79 Å². The van der Waals surface area contributed by atoms with Crippen molar-refractivity contribution in [2.45, 2.75) is 20.4 Å². The Bertz CT molecular complexity index is 922. The van der Waals surface area contributed by atoms with Crippen molar-refractivity contribution in [3.63, 3.8) is 0 Å². The molecule has 5 nitrogen and oxygen atoms in total. The van der Waals surface area contributed by atoms with Crippen LogP contribution in [0, 0.1) is 13.8 Å². The van der Waals surface area contributed by atoms with Crippen LogP contribution in [-0.2, 0) is 6.54 Å². The number of nitrogens with zero attached hydrogens (tertiary/aromatic N) is 2. The van der Waals surface area contributed by atoms with E-state index in [9.17, 15) is 4.79 Å². The lowest BCUT2D eigenvalue weighted by Crippen LogP contribution is -2.15. The second-order valence-electron chi connectivity index (χ2n) is 6.06. The van der Waals surface area contributed by atoms with E-state index in [-0.39, 0.29) is 5.91 Å². The fraction of sp³-hybridized carbons (Fsp3) is 0.150. The van der Waals surface area contributed by atoms with E-state index in [0.717, 1.165) is 22.4 Å². The first kappa shape index (κ1) is 17.9. The van der Waals surface area contributed by atoms with Crippen LogP contribution in [0.2, 0.25) is 5.02 Å². The average molecular weight is 367 g/mol. The van der Waals surface area contributed by atoms with Gasteiger partial charge in [-0.2, -0.15) is 0 Å². The molecule has 0 spiro atoms. The van der Waals surface area contributed by atoms with Crippen LogP contribution in [0.5, 0.6) is 0 Å². The number of hydrogen-bond donors (Lipinski definition) is 2. The van der Waals surface area contributed by atoms with Crippen LogP contribution < -0.4 is 10.6 Å². The second kappa shape index (κ2) is 7.97. The highest BCUT2D eigenvalue weighted by Gasteiger charge is 2.10. The molecule has 0 saturated heterocycles. The van der Waals surface area contributed by atoms with Crippen LogP contribution >= 0.6 is 11.6 Å². The van der Waals surface area contributed by atoms with E-state index >= 15 is 0 Å². The maximum atomic E-state index is 12.5. The van der Waals surface area contributed by atoms with Gasteiger partial charge in [0.15, 0.2) is 0 Å². The highest BCUT2D eigenvalue weighted by atomic mass is 35.5. The van der Waals surface area contributed by atoms with Gasteiger partial charge in [0.2, 0.25) is 0 Å². The third-order valence-electron chi connectivity index (χ3n) is 3.80. The Morgan fingerprint density at radius 2 is 1.77 bits per heavy atom. The molecule has 3 aromatic rings. The van der Waals surface area contributed by atoms with Crippen LogP contribution in [0.15, 0.2) is 54.9 Å². The third kappa shape index (κ3) is 4.58. The monoisotopic (exact) mass is 366 g/mol. The molecular weight excluding hydrogens is 348 g/mol. The highest BCUT2D eigenvalue weighted by Crippen LogP contribution is 2.17. The number of amides is 1. The molecule has 0 atom stereocenters. The minimum Gasteiger partial charge on any atom is -0.366 e. The molecule has 26 heavy (non-hydrogen) atoms. The fourth-order valence-corrected chi connectivity index (χ4v) is 2.85. The molecule has 0 aliphatic carbocycles. The van der Waals surface area contributed by atoms with E-state index in [2.05, 4.69) is 26.7 Å². The van der Waals surface area contributed by atoms with E-state index in [4.69, 9.17) is 11.6 Å². The van der Waals surface area contributed by atoms with Crippen molar-refractivity contribution in [1.29, 1.82) is 0 Å². The lowest BCUT2D eigenvalue weighted by atomic mass is 10.1. The van der Waals surface area contributed by atoms with Crippen LogP contribution in [-0.4, -0.2) is 15.9 Å². The Balaban J connectivity index is 1.70. The molecule has 0 aliphatic heterocycles. The number of hydrogen-bond acceptors (Lipinski definition) is 4. The number of rotatable bonds is 5. The van der Waals surface area contributed by atoms with E-state index in [1.54, 1.807) is 6.07 Å². The fourth-order valence-electron chi connectivity index (χ4n) is 2.65. The normalized spacial score (nSPS) is 10.4. The Kier molecular flexibility index (Phi) is 5.49. The zero-order chi connectivity index (χ0) is 18.5. The number of anilines is 2. The Labute approximate surface area is 157 Å². The molecule has 2 aromatic carbocycles. The zero-order valence-electron chi connectivity index (χ0n) is 14.6. The lowest BCUT2D eigenvalue weighted by Gasteiger charge is -2.09. The first-order valence-corrected chi connectivity index (χ1v) is 8.58. The molecule has 2 N–H and O–H groups in total. The van der Waals surface area contributed by atoms with Gasteiger partial charge in [-0.1, -0.05) is 35.9 Å². The van der Waals surface area contributed by atoms with Gasteiger partial charge in [0.05, 0.1) is 0 Å². The van der Waals surface area contributed by atoms with Crippen molar-refractivity contribution in [3.05, 3.63) is 82.3 Å². The van der Waals surface area contributed by atoms with Crippen molar-refractivity contribution in [2.75, 3.05) is 10.6 Å². The van der Waals surface area contributed by atoms with Crippen LogP contribution in [0.1, 0.15) is 27.2 Å². The number of benzene rings is 2. The Hall–Kier alpha value is -2.92. The molecule has 0 fully saturated rings. The first-order valence-electron chi connectivity index (χ1n) is 8.20. The van der Waals surface area contributed by atoms with E-state index in [0.29, 0.717) is 23.1 Å². The molecule has 0 radical (unpaired) electrons. The van der Waals surface area contributed by atoms with Gasteiger partial charge in [0.25, 0.3) is 5.91 Å². The minimum atomic E-state index is -0.279. The largest absolute Gasteiger partial charge is 0.366 e. The maximum absolute atomic E-state index is 12.5. The molecule has 3 rings (SSSR count). The molecule has 0 unspecified atom stereocenters. The van der Waals surface area contributed by atoms with Crippen molar-refractivity contribution in [1.82, 2.24) is 9.97 Å². The van der Waals surface area contributed by atoms with Crippen LogP contribution in [0.4, 0.5) is 11.5 Å². The number of aryl methyl sites for hydroxylation is 2. The predicted molar refractivity (Wildman–Crippen MR) is 105 cm³/mol. The highest BCUT2D eigenvalue weighted by molar-refractivity contribution is 6.31. The molecular formula is C20H19ClN4O. The third-order valence-corrected chi connectivity index (χ3v) is 4.17. The number of nitrogens with one attached hydrogen (secondary N) is 2. The van der Waals surface area contributed by atoms with Crippen molar-refractivity contribution >= 4 is 29.0 Å². The summed E-state index contributed by atoms with van der Waals surface area (Å²) in [6.07, 6.45) is 1.37. The summed E-state index contributed by atoms with van der Waals surface area (Å²) in [5.74, 6) is 0.281. The Morgan fingerprint density at radius 1 is 1.04 bits per heavy atom. The molecule has 0 bridgehead atoms. The van der Waals surface area contributed by atoms with Crippen molar-refractivity contribution < 1.29 is 4.79 Å². The number of carbonyl (C=O) groups is 1. The topological polar surface area (TPSA) is 66.9 Å². The van der Waals surface area contributed by atoms with Crippen molar-refractivity contribution in [2.24, 2.45) is 0 Å². The lowest BCUT2D eigenvalue weighted by molar-refractivity contribution is 0.102. The quantitative estimate of drug-likeness (QED) is 0.691. The standard InChI is InChI=1S/C20H19ClN4O/c1-13-7-14(2)9-16(8-13)25-20(26)18-10-19(24-12-23-18)22-11-15-5-3-4-6-17(15)21/h3-10,12H,11H2,1-2H3,(H,25,26)(H,22,23,24). The second-order valence-corrected chi connectivity index (χ2v) is 6.47. The SMILES string of the molecule is Cc1cc(C)cc(NC(=O)c2cc(NCc3ccccc3Cl)ncn2)c1. The van der Waals surface area contributed by atoms with E-state index in [1.807, 2.05) is 50.2 Å². The summed E-state index contributed by atoms with van der Waals surface area (Å²) in [5.41, 5.74) is 4.17. The van der Waals surface area contributed by atoms with Gasteiger partial charge in [-0.05, 0) is 48.7 Å². The van der Waals surface area contributed by atoms with Gasteiger partial charge in [-0.25, -0.2) is 9.97 Å². The van der Waals surface area contributed by atoms with Crippen molar-refractivity contribution in [3.8, 4) is 0 Å². The molecule has 0 aliphatic rings. The van der Waals surface area contributed by atoms with Crippen LogP contribution in [0.3, 0.4) is 0 Å². The number of halogens is 1. The number of aromatic nitrogens is 2. The summed E-state index contributed by atoms with van der Waals surface area (Å²) in [4.78, 5) is 20.7. The van der Waals surface area contributed by atoms with Gasteiger partial charge < -0.3 is 10.6 Å². The first-order chi connectivity index (χ1) is 12.5. The van der Waals surface area contributed by atoms with Gasteiger partial charge >= 0.3 is 0 Å². The summed E-state index contributed by atoms with van der Waals surface area (Å²) >= 11 is 6.15. The number of carbonyl (C=O) groups excluding carboxylic acids is 1. The maximum Gasteiger partial charge on any atom is 0.274 e. The molecule has 0 saturated carbocycles. The van der Waals surface area contributed by atoms with Gasteiger partial charge in [0.1, 0.15) is 17.8 Å². The molecule has 1 heterocycles. The molecule has 6 heteroatoms. The van der Waals surface area contributed by atoms with E-state index < -0.39 is 0 Å². The zero-order valence-corrected chi connectivity index (χ0v) is 15.3. The average Bonchev–Trinajstić information content (AvgIpc) is 2.60. The molecule has 132 valence electrons. The minimum absolute atomic E-state index is 0.279. The summed E-state index contributed by atoms with van der Waals surface area (Å²) in [6.45, 7) is 4.49. The summed E-state index contributed by atoms with van der Waals surface area (Å²) in [5, 5.41) is 6.72. The smallest absolute Gasteiger partial charge is 0.274 e. The molecule has 1 aromatic heterocycles. The van der Waals surface area contributed by atoms with Crippen LogP contribution in [0.25, 0.3) is 0 Å². The predicted octanol–water partition coefficient (Wildman–Crippen LogP) is 4.61. The summed E-state index contributed by atoms with van der Waals surface area (Å²) < 4.78 is 0. The summed E-state index contributed by atoms with van der Waals surface area (Å²) in [6, 6.07) is 15.1. The van der Waals surface area contributed by atoms with Gasteiger partial charge in [0, 0.05) is 23.3 Å². The van der Waals surface area contributed by atoms with E-state index in [1.165, 1.54) is 6.33 Å².